The maximum Gasteiger partial charge on any atom is 0.238 e. The largest absolute Gasteiger partial charge is 0.313 e. The number of amidine groups is 1. The van der Waals surface area contributed by atoms with E-state index in [1.54, 1.807) is 0 Å². The highest BCUT2D eigenvalue weighted by atomic mass is 32.1. The van der Waals surface area contributed by atoms with Crippen LogP contribution in [0, 0.1) is 0 Å². The van der Waals surface area contributed by atoms with Crippen LogP contribution in [0.25, 0.3) is 0 Å². The van der Waals surface area contributed by atoms with Crippen molar-refractivity contribution in [2.24, 2.45) is 21.7 Å². The molecule has 7 nitrogen and oxygen atoms in total. The lowest BCUT2D eigenvalue weighted by molar-refractivity contribution is 0.208. The number of nitrogens with two attached hydrogens (primary N) is 2. The lowest BCUT2D eigenvalue weighted by atomic mass is 10.1. The van der Waals surface area contributed by atoms with Gasteiger partial charge in [0.1, 0.15) is 0 Å². The third-order valence-electron chi connectivity index (χ3n) is 3.17. The number of thiol groups is 1. The topological polar surface area (TPSA) is 104 Å². The minimum Gasteiger partial charge on any atom is -0.313 e. The Balaban J connectivity index is 2.60. The highest BCUT2D eigenvalue weighted by Crippen LogP contribution is 2.18. The maximum atomic E-state index is 5.53. The van der Waals surface area contributed by atoms with Crippen molar-refractivity contribution in [2.75, 3.05) is 0 Å². The van der Waals surface area contributed by atoms with Crippen LogP contribution < -0.4 is 22.5 Å². The van der Waals surface area contributed by atoms with Gasteiger partial charge < -0.3 is 4.90 Å². The fraction of sp³-hybridized carbons (Fsp3) is 0.818. The first kappa shape index (κ1) is 16.2. The van der Waals surface area contributed by atoms with E-state index in [0.717, 1.165) is 6.42 Å². The summed E-state index contributed by atoms with van der Waals surface area (Å²) in [5, 5.41) is 0.564. The molecule has 6 N–H and O–H groups in total. The van der Waals surface area contributed by atoms with Crippen molar-refractivity contribution >= 4 is 23.8 Å². The Kier molecular flexibility index (Phi) is 7.14. The normalized spacial score (nSPS) is 20.9. The summed E-state index contributed by atoms with van der Waals surface area (Å²) in [5.41, 5.74) is 5.05. The Bertz CT molecular complexity index is 331. The molecule has 1 aliphatic rings. The molecule has 0 aliphatic carbocycles. The molecule has 0 saturated heterocycles. The van der Waals surface area contributed by atoms with Gasteiger partial charge in [-0.25, -0.2) is 16.3 Å². The van der Waals surface area contributed by atoms with E-state index < -0.39 is 6.29 Å². The first-order chi connectivity index (χ1) is 9.13. The molecule has 1 aliphatic heterocycles. The van der Waals surface area contributed by atoms with Gasteiger partial charge in [0.05, 0.1) is 0 Å². The summed E-state index contributed by atoms with van der Waals surface area (Å²) < 4.78 is 0. The molecular formula is C11H25N7S. The average Bonchev–Trinajstić information content (AvgIpc) is 2.42. The van der Waals surface area contributed by atoms with E-state index in [1.807, 2.05) is 4.90 Å². The summed E-state index contributed by atoms with van der Waals surface area (Å²) >= 11 is 4.39. The van der Waals surface area contributed by atoms with Crippen molar-refractivity contribution in [2.45, 2.75) is 58.3 Å². The second-order valence-corrected chi connectivity index (χ2v) is 5.05. The van der Waals surface area contributed by atoms with Crippen LogP contribution in [0.4, 0.5) is 0 Å². The second-order valence-electron chi connectivity index (χ2n) is 4.65. The van der Waals surface area contributed by atoms with Crippen LogP contribution in [0.15, 0.2) is 9.98 Å². The van der Waals surface area contributed by atoms with E-state index in [9.17, 15) is 0 Å². The smallest absolute Gasteiger partial charge is 0.238 e. The monoisotopic (exact) mass is 287 g/mol. The summed E-state index contributed by atoms with van der Waals surface area (Å²) in [4.78, 5) is 10.4. The van der Waals surface area contributed by atoms with Crippen molar-refractivity contribution in [3.8, 4) is 0 Å². The summed E-state index contributed by atoms with van der Waals surface area (Å²) in [6, 6.07) is 0.261. The van der Waals surface area contributed by atoms with Gasteiger partial charge in [0.25, 0.3) is 0 Å². The standard InChI is InChI=1S/C11H25N7S/c1-3-4-5-6-7-8(2)18-10(17-13)14-9(16-12)15-11(18)19/h8,10,17H,3-7,12-13H2,1-2H3,(H2,14,15,16,19). The van der Waals surface area contributed by atoms with Crippen molar-refractivity contribution < 1.29 is 0 Å². The molecule has 2 atom stereocenters. The number of rotatable bonds is 7. The Morgan fingerprint density at radius 1 is 1.37 bits per heavy atom. The van der Waals surface area contributed by atoms with Gasteiger partial charge in [0, 0.05) is 6.04 Å². The molecule has 0 aromatic rings. The van der Waals surface area contributed by atoms with E-state index in [-0.39, 0.29) is 6.04 Å². The quantitative estimate of drug-likeness (QED) is 0.203. The number of nitrogens with one attached hydrogen (secondary N) is 2. The van der Waals surface area contributed by atoms with Crippen molar-refractivity contribution in [1.29, 1.82) is 0 Å². The highest BCUT2D eigenvalue weighted by Gasteiger charge is 2.27. The summed E-state index contributed by atoms with van der Waals surface area (Å²) in [5.74, 6) is 11.2. The van der Waals surface area contributed by atoms with Crippen LogP contribution >= 0.6 is 12.6 Å². The molecule has 19 heavy (non-hydrogen) atoms. The molecular weight excluding hydrogens is 262 g/mol. The van der Waals surface area contributed by atoms with Gasteiger partial charge in [-0.05, 0) is 13.3 Å². The first-order valence-electron chi connectivity index (χ1n) is 6.70. The third kappa shape index (κ3) is 4.64. The van der Waals surface area contributed by atoms with E-state index in [0.29, 0.717) is 11.1 Å². The van der Waals surface area contributed by atoms with Crippen molar-refractivity contribution in [3.63, 3.8) is 0 Å². The summed E-state index contributed by atoms with van der Waals surface area (Å²) in [7, 11) is 0. The summed E-state index contributed by atoms with van der Waals surface area (Å²) in [6.45, 7) is 4.33. The molecule has 1 heterocycles. The number of hydrazine groups is 2. The van der Waals surface area contributed by atoms with Gasteiger partial charge >= 0.3 is 0 Å². The van der Waals surface area contributed by atoms with Gasteiger partial charge in [0.15, 0.2) is 11.5 Å². The molecule has 0 radical (unpaired) electrons. The molecule has 0 aromatic carbocycles. The fourth-order valence-corrected chi connectivity index (χ4v) is 2.50. The SMILES string of the molecule is CCCCCCC(C)N1C(S)=NC(NN)=NC1NN. The molecule has 0 saturated carbocycles. The van der Waals surface area contributed by atoms with Crippen LogP contribution in [-0.2, 0) is 0 Å². The van der Waals surface area contributed by atoms with Crippen molar-refractivity contribution in [3.05, 3.63) is 0 Å². The molecule has 0 amide bonds. The van der Waals surface area contributed by atoms with Crippen LogP contribution in [0.2, 0.25) is 0 Å². The number of nitrogens with zero attached hydrogens (tertiary/aromatic N) is 3. The number of hydrogen-bond acceptors (Lipinski definition) is 7. The molecule has 110 valence electrons. The number of unbranched alkanes of at least 4 members (excludes halogenated alkanes) is 3. The zero-order valence-corrected chi connectivity index (χ0v) is 12.5. The Morgan fingerprint density at radius 3 is 2.68 bits per heavy atom. The predicted molar refractivity (Wildman–Crippen MR) is 82.4 cm³/mol. The minimum atomic E-state index is -0.391. The van der Waals surface area contributed by atoms with Crippen molar-refractivity contribution in [1.82, 2.24) is 15.8 Å². The lowest BCUT2D eigenvalue weighted by Crippen LogP contribution is -2.56. The Hall–Kier alpha value is -0.830. The van der Waals surface area contributed by atoms with Gasteiger partial charge in [-0.2, -0.15) is 4.99 Å². The predicted octanol–water partition coefficient (Wildman–Crippen LogP) is 0.513. The Labute approximate surface area is 120 Å². The lowest BCUT2D eigenvalue weighted by Gasteiger charge is -2.36. The van der Waals surface area contributed by atoms with Gasteiger partial charge in [-0.3, -0.25) is 11.3 Å². The van der Waals surface area contributed by atoms with E-state index in [2.05, 4.69) is 47.3 Å². The van der Waals surface area contributed by atoms with Crippen LogP contribution in [0.5, 0.6) is 0 Å². The fourth-order valence-electron chi connectivity index (χ4n) is 2.10. The number of hydrogen-bond donors (Lipinski definition) is 5. The first-order valence-corrected chi connectivity index (χ1v) is 7.15. The maximum absolute atomic E-state index is 5.53. The zero-order chi connectivity index (χ0) is 14.3. The molecule has 8 heteroatoms. The zero-order valence-electron chi connectivity index (χ0n) is 11.6. The van der Waals surface area contributed by atoms with E-state index in [1.165, 1.54) is 25.7 Å². The molecule has 0 aromatic heterocycles. The molecule has 0 fully saturated rings. The number of aliphatic imine (C=N–C) groups is 2. The molecule has 0 bridgehead atoms. The van der Waals surface area contributed by atoms with Crippen LogP contribution in [0.1, 0.15) is 46.0 Å². The molecule has 0 spiro atoms. The third-order valence-corrected chi connectivity index (χ3v) is 3.50. The average molecular weight is 287 g/mol. The molecule has 1 rings (SSSR count). The van der Waals surface area contributed by atoms with Crippen LogP contribution in [-0.4, -0.2) is 28.4 Å². The van der Waals surface area contributed by atoms with Gasteiger partial charge in [0.2, 0.25) is 5.96 Å². The van der Waals surface area contributed by atoms with Gasteiger partial charge in [-0.1, -0.05) is 32.6 Å². The molecule has 2 unspecified atom stereocenters. The van der Waals surface area contributed by atoms with Crippen LogP contribution in [0.3, 0.4) is 0 Å². The summed E-state index contributed by atoms with van der Waals surface area (Å²) in [6.07, 6.45) is 5.59. The Morgan fingerprint density at radius 2 is 2.11 bits per heavy atom. The van der Waals surface area contributed by atoms with Gasteiger partial charge in [-0.15, -0.1) is 12.6 Å². The second kappa shape index (κ2) is 8.36. The minimum absolute atomic E-state index is 0.261. The highest BCUT2D eigenvalue weighted by molar-refractivity contribution is 7.96. The van der Waals surface area contributed by atoms with E-state index >= 15 is 0 Å². The number of guanidine groups is 1. The van der Waals surface area contributed by atoms with E-state index in [4.69, 9.17) is 11.7 Å².